The highest BCUT2D eigenvalue weighted by Crippen LogP contribution is 2.17. The maximum absolute atomic E-state index is 12.4. The van der Waals surface area contributed by atoms with Crippen LogP contribution in [0.1, 0.15) is 290 Å². The molecule has 0 aromatic heterocycles. The van der Waals surface area contributed by atoms with Crippen molar-refractivity contribution in [3.8, 4) is 0 Å². The minimum Gasteiger partial charge on any atom is -0.466 e. The molecule has 0 aliphatic rings. The molecule has 61 heavy (non-hydrogen) atoms. The van der Waals surface area contributed by atoms with Crippen LogP contribution in [0.4, 0.5) is 0 Å². The Balaban J connectivity index is 3.41. The zero-order valence-electron chi connectivity index (χ0n) is 40.9. The fourth-order valence-corrected chi connectivity index (χ4v) is 8.32. The largest absolute Gasteiger partial charge is 0.466 e. The lowest BCUT2D eigenvalue weighted by molar-refractivity contribution is -0.143. The van der Waals surface area contributed by atoms with E-state index in [-0.39, 0.29) is 18.5 Å². The maximum Gasteiger partial charge on any atom is 0.305 e. The molecule has 0 saturated heterocycles. The average molecular weight is 860 g/mol. The molecule has 0 rings (SSSR count). The van der Waals surface area contributed by atoms with Crippen molar-refractivity contribution >= 4 is 11.9 Å². The van der Waals surface area contributed by atoms with Crippen molar-refractivity contribution in [1.29, 1.82) is 0 Å². The minimum atomic E-state index is -0.670. The van der Waals surface area contributed by atoms with Gasteiger partial charge in [0.2, 0.25) is 5.91 Å². The molecule has 0 aromatic carbocycles. The van der Waals surface area contributed by atoms with Crippen LogP contribution in [0.3, 0.4) is 0 Å². The van der Waals surface area contributed by atoms with Crippen LogP contribution in [0.2, 0.25) is 0 Å². The molecule has 0 spiro atoms. The number of esters is 1. The van der Waals surface area contributed by atoms with Gasteiger partial charge in [0, 0.05) is 12.8 Å². The van der Waals surface area contributed by atoms with Gasteiger partial charge in [-0.3, -0.25) is 9.59 Å². The summed E-state index contributed by atoms with van der Waals surface area (Å²) >= 11 is 0. The minimum absolute atomic E-state index is 0.00603. The lowest BCUT2D eigenvalue weighted by Gasteiger charge is -2.22. The summed E-state index contributed by atoms with van der Waals surface area (Å²) in [4.78, 5) is 24.5. The summed E-state index contributed by atoms with van der Waals surface area (Å²) in [7, 11) is 0. The van der Waals surface area contributed by atoms with Crippen molar-refractivity contribution in [2.75, 3.05) is 13.2 Å². The van der Waals surface area contributed by atoms with Crippen molar-refractivity contribution in [3.63, 3.8) is 0 Å². The van der Waals surface area contributed by atoms with E-state index in [9.17, 15) is 19.8 Å². The number of nitrogens with one attached hydrogen (secondary N) is 1. The number of hydrogen-bond acceptors (Lipinski definition) is 5. The van der Waals surface area contributed by atoms with Crippen LogP contribution in [0.25, 0.3) is 0 Å². The van der Waals surface area contributed by atoms with Gasteiger partial charge < -0.3 is 20.3 Å². The van der Waals surface area contributed by atoms with Gasteiger partial charge in [0.25, 0.3) is 0 Å². The van der Waals surface area contributed by atoms with Gasteiger partial charge in [-0.1, -0.05) is 244 Å². The summed E-state index contributed by atoms with van der Waals surface area (Å²) in [5.74, 6) is -0.0525. The number of aliphatic hydroxyl groups excluding tert-OH is 2. The molecule has 6 heteroatoms. The first-order valence-corrected chi connectivity index (χ1v) is 27.1. The van der Waals surface area contributed by atoms with E-state index in [1.807, 2.05) is 0 Å². The van der Waals surface area contributed by atoms with Gasteiger partial charge in [0.05, 0.1) is 25.4 Å². The molecule has 0 bridgehead atoms. The predicted octanol–water partition coefficient (Wildman–Crippen LogP) is 16.3. The average Bonchev–Trinajstić information content (AvgIpc) is 3.26. The molecule has 6 nitrogen and oxygen atoms in total. The molecule has 1 amide bonds. The topological polar surface area (TPSA) is 95.9 Å². The first kappa shape index (κ1) is 59.3. The number of amides is 1. The Bertz CT molecular complexity index is 951. The maximum atomic E-state index is 12.4. The molecule has 0 aromatic rings. The van der Waals surface area contributed by atoms with E-state index in [0.717, 1.165) is 57.8 Å². The second-order valence-electron chi connectivity index (χ2n) is 18.6. The first-order chi connectivity index (χ1) is 30.0. The monoisotopic (exact) mass is 860 g/mol. The van der Waals surface area contributed by atoms with Crippen LogP contribution < -0.4 is 5.32 Å². The van der Waals surface area contributed by atoms with Crippen LogP contribution in [-0.2, 0) is 14.3 Å². The molecule has 0 radical (unpaired) electrons. The van der Waals surface area contributed by atoms with Gasteiger partial charge in [0.1, 0.15) is 0 Å². The molecule has 3 N–H and O–H groups in total. The quantitative estimate of drug-likeness (QED) is 0.0322. The Morgan fingerprint density at radius 2 is 0.820 bits per heavy atom. The number of aliphatic hydroxyl groups is 2. The SMILES string of the molecule is CCCCC/C=C\C/C=C\CCCCCCCCCCCC(=O)OCCCCCCCCCCCCCCCCC(=O)NC(CO)C(O)CCCCCCCCCCCCC. The number of carbonyl (C=O) groups is 2. The highest BCUT2D eigenvalue weighted by atomic mass is 16.5. The Labute approximate surface area is 380 Å². The third-order valence-electron chi connectivity index (χ3n) is 12.5. The van der Waals surface area contributed by atoms with Crippen molar-refractivity contribution in [2.24, 2.45) is 0 Å². The van der Waals surface area contributed by atoms with Crippen LogP contribution >= 0.6 is 0 Å². The third kappa shape index (κ3) is 47.7. The number of allylic oxidation sites excluding steroid dienone is 4. The normalized spacial score (nSPS) is 12.8. The predicted molar refractivity (Wildman–Crippen MR) is 264 cm³/mol. The second-order valence-corrected chi connectivity index (χ2v) is 18.6. The van der Waals surface area contributed by atoms with Crippen LogP contribution in [0.15, 0.2) is 24.3 Å². The van der Waals surface area contributed by atoms with Crippen molar-refractivity contribution in [3.05, 3.63) is 24.3 Å². The van der Waals surface area contributed by atoms with E-state index in [0.29, 0.717) is 25.9 Å². The summed E-state index contributed by atoms with van der Waals surface area (Å²) < 4.78 is 5.48. The highest BCUT2D eigenvalue weighted by Gasteiger charge is 2.20. The van der Waals surface area contributed by atoms with Crippen molar-refractivity contribution in [1.82, 2.24) is 5.32 Å². The fraction of sp³-hybridized carbons (Fsp3) is 0.891. The third-order valence-corrected chi connectivity index (χ3v) is 12.5. The van der Waals surface area contributed by atoms with E-state index in [4.69, 9.17) is 4.74 Å². The molecule has 360 valence electrons. The van der Waals surface area contributed by atoms with Gasteiger partial charge in [-0.05, 0) is 57.8 Å². The molecular weight excluding hydrogens is 755 g/mol. The van der Waals surface area contributed by atoms with Gasteiger partial charge >= 0.3 is 5.97 Å². The molecule has 2 atom stereocenters. The van der Waals surface area contributed by atoms with E-state index in [1.54, 1.807) is 0 Å². The van der Waals surface area contributed by atoms with Gasteiger partial charge in [-0.2, -0.15) is 0 Å². The zero-order valence-corrected chi connectivity index (χ0v) is 40.9. The van der Waals surface area contributed by atoms with Crippen molar-refractivity contribution in [2.45, 2.75) is 302 Å². The molecule has 0 aliphatic heterocycles. The molecule has 2 unspecified atom stereocenters. The molecule has 0 aliphatic carbocycles. The lowest BCUT2D eigenvalue weighted by atomic mass is 10.0. The van der Waals surface area contributed by atoms with Crippen LogP contribution in [-0.4, -0.2) is 47.4 Å². The molecule has 0 saturated carbocycles. The Morgan fingerprint density at radius 1 is 0.459 bits per heavy atom. The fourth-order valence-electron chi connectivity index (χ4n) is 8.32. The smallest absolute Gasteiger partial charge is 0.305 e. The Morgan fingerprint density at radius 3 is 1.28 bits per heavy atom. The summed E-state index contributed by atoms with van der Waals surface area (Å²) in [6, 6.07) is -0.548. The number of ether oxygens (including phenoxy) is 1. The van der Waals surface area contributed by atoms with Crippen LogP contribution in [0, 0.1) is 0 Å². The number of unbranched alkanes of at least 4 members (excludes halogenated alkanes) is 35. The van der Waals surface area contributed by atoms with E-state index in [2.05, 4.69) is 43.5 Å². The standard InChI is InChI=1S/C55H105NO5/c1-3-5-7-9-11-13-15-16-17-18-19-20-21-25-29-33-37-41-45-49-55(60)61-50-46-42-38-34-30-26-23-22-24-28-32-36-40-44-48-54(59)56-52(51-57)53(58)47-43-39-35-31-27-14-12-10-8-6-4-2/h11,13,16-17,52-53,57-58H,3-10,12,14-15,18-51H2,1-2H3,(H,56,59)/b13-11-,17-16-. The Hall–Kier alpha value is -1.66. The highest BCUT2D eigenvalue weighted by molar-refractivity contribution is 5.76. The van der Waals surface area contributed by atoms with Crippen LogP contribution in [0.5, 0.6) is 0 Å². The molecule has 0 heterocycles. The Kier molecular flexibility index (Phi) is 49.6. The molecular formula is C55H105NO5. The lowest BCUT2D eigenvalue weighted by Crippen LogP contribution is -2.45. The number of hydrogen-bond donors (Lipinski definition) is 3. The summed E-state index contributed by atoms with van der Waals surface area (Å²) in [6.45, 7) is 4.90. The summed E-state index contributed by atoms with van der Waals surface area (Å²) in [5, 5.41) is 23.1. The zero-order chi connectivity index (χ0) is 44.4. The number of rotatable bonds is 50. The van der Waals surface area contributed by atoms with E-state index in [1.165, 1.54) is 199 Å². The van der Waals surface area contributed by atoms with E-state index < -0.39 is 12.1 Å². The van der Waals surface area contributed by atoms with Gasteiger partial charge in [0.15, 0.2) is 0 Å². The summed E-state index contributed by atoms with van der Waals surface area (Å²) in [5.41, 5.74) is 0. The number of carbonyl (C=O) groups excluding carboxylic acids is 2. The second kappa shape index (κ2) is 51.0. The van der Waals surface area contributed by atoms with Gasteiger partial charge in [-0.15, -0.1) is 0 Å². The summed E-state index contributed by atoms with van der Waals surface area (Å²) in [6.07, 6.45) is 60.1. The van der Waals surface area contributed by atoms with Crippen molar-refractivity contribution < 1.29 is 24.5 Å². The molecule has 0 fully saturated rings. The van der Waals surface area contributed by atoms with Gasteiger partial charge in [-0.25, -0.2) is 0 Å². The first-order valence-electron chi connectivity index (χ1n) is 27.1. The van der Waals surface area contributed by atoms with E-state index >= 15 is 0 Å².